The van der Waals surface area contributed by atoms with Gasteiger partial charge in [-0.2, -0.15) is 0 Å². The third kappa shape index (κ3) is 3.96. The van der Waals surface area contributed by atoms with Crippen molar-refractivity contribution in [3.8, 4) is 5.75 Å². The second-order valence-electron chi connectivity index (χ2n) is 6.64. The van der Waals surface area contributed by atoms with Crippen LogP contribution in [0.4, 0.5) is 4.39 Å². The summed E-state index contributed by atoms with van der Waals surface area (Å²) in [7, 11) is 5.57. The van der Waals surface area contributed by atoms with E-state index in [2.05, 4.69) is 5.32 Å². The van der Waals surface area contributed by atoms with Gasteiger partial charge in [0.05, 0.1) is 18.0 Å². The van der Waals surface area contributed by atoms with Gasteiger partial charge in [0.1, 0.15) is 11.6 Å². The molecule has 1 aromatic heterocycles. The van der Waals surface area contributed by atoms with Crippen molar-refractivity contribution in [3.05, 3.63) is 64.3 Å². The van der Waals surface area contributed by atoms with Crippen LogP contribution in [0.25, 0.3) is 10.1 Å². The number of nitrogens with zero attached hydrogens (tertiary/aromatic N) is 1. The maximum absolute atomic E-state index is 14.1. The summed E-state index contributed by atoms with van der Waals surface area (Å²) in [5, 5.41) is 3.54. The number of amides is 1. The standard InChI is InChI=1S/C21H23FN2O2S/c1-13-19-16(22)9-6-10-18(19)27-20(13)21(25)23-12-17(24(2)3)14-7-5-8-15(11-14)26-4/h5-11,17H,12H2,1-4H3,(H,23,25). The van der Waals surface area contributed by atoms with Gasteiger partial charge in [-0.25, -0.2) is 4.39 Å². The summed E-state index contributed by atoms with van der Waals surface area (Å²) in [6, 6.07) is 12.7. The number of hydrogen-bond acceptors (Lipinski definition) is 4. The smallest absolute Gasteiger partial charge is 0.261 e. The normalized spacial score (nSPS) is 12.4. The largest absolute Gasteiger partial charge is 0.497 e. The Hall–Kier alpha value is -2.44. The molecule has 0 aliphatic rings. The van der Waals surface area contributed by atoms with Crippen LogP contribution < -0.4 is 10.1 Å². The van der Waals surface area contributed by atoms with Gasteiger partial charge in [0.2, 0.25) is 0 Å². The zero-order chi connectivity index (χ0) is 19.6. The van der Waals surface area contributed by atoms with Gasteiger partial charge < -0.3 is 15.0 Å². The van der Waals surface area contributed by atoms with Crippen molar-refractivity contribution in [2.75, 3.05) is 27.7 Å². The van der Waals surface area contributed by atoms with Crippen LogP contribution in [0.5, 0.6) is 5.75 Å². The number of benzene rings is 2. The zero-order valence-electron chi connectivity index (χ0n) is 15.9. The molecule has 4 nitrogen and oxygen atoms in total. The first kappa shape index (κ1) is 19.3. The van der Waals surface area contributed by atoms with Crippen molar-refractivity contribution >= 4 is 27.3 Å². The molecule has 3 rings (SSSR count). The number of nitrogens with one attached hydrogen (secondary N) is 1. The van der Waals surface area contributed by atoms with Gasteiger partial charge in [0, 0.05) is 16.6 Å². The minimum atomic E-state index is -0.289. The molecule has 1 amide bonds. The molecule has 142 valence electrons. The predicted molar refractivity (Wildman–Crippen MR) is 108 cm³/mol. The first-order valence-corrected chi connectivity index (χ1v) is 9.50. The van der Waals surface area contributed by atoms with Gasteiger partial charge in [-0.1, -0.05) is 18.2 Å². The summed E-state index contributed by atoms with van der Waals surface area (Å²) < 4.78 is 20.2. The fraction of sp³-hybridized carbons (Fsp3) is 0.286. The van der Waals surface area contributed by atoms with Crippen LogP contribution in [0.1, 0.15) is 26.8 Å². The Morgan fingerprint density at radius 2 is 2.00 bits per heavy atom. The second kappa shape index (κ2) is 8.06. The van der Waals surface area contributed by atoms with E-state index in [1.165, 1.54) is 17.4 Å². The van der Waals surface area contributed by atoms with Crippen LogP contribution >= 0.6 is 11.3 Å². The number of methoxy groups -OCH3 is 1. The summed E-state index contributed by atoms with van der Waals surface area (Å²) in [5.41, 5.74) is 1.74. The number of likely N-dealkylation sites (N-methyl/N-ethyl adjacent to an activating group) is 1. The van der Waals surface area contributed by atoms with E-state index in [1.54, 1.807) is 20.1 Å². The maximum Gasteiger partial charge on any atom is 0.261 e. The first-order chi connectivity index (χ1) is 12.9. The van der Waals surface area contributed by atoms with Gasteiger partial charge in [-0.3, -0.25) is 4.79 Å². The lowest BCUT2D eigenvalue weighted by molar-refractivity contribution is 0.0945. The Balaban J connectivity index is 1.81. The molecule has 0 fully saturated rings. The maximum atomic E-state index is 14.1. The fourth-order valence-electron chi connectivity index (χ4n) is 3.19. The van der Waals surface area contributed by atoms with Crippen LogP contribution in [-0.4, -0.2) is 38.6 Å². The van der Waals surface area contributed by atoms with E-state index in [-0.39, 0.29) is 17.8 Å². The van der Waals surface area contributed by atoms with Gasteiger partial charge in [-0.05, 0) is 56.4 Å². The molecule has 0 radical (unpaired) electrons. The SMILES string of the molecule is COc1cccc(C(CNC(=O)c2sc3cccc(F)c3c2C)N(C)C)c1. The third-order valence-electron chi connectivity index (χ3n) is 4.67. The average molecular weight is 386 g/mol. The highest BCUT2D eigenvalue weighted by atomic mass is 32.1. The first-order valence-electron chi connectivity index (χ1n) is 8.68. The summed E-state index contributed by atoms with van der Waals surface area (Å²) in [4.78, 5) is 15.4. The van der Waals surface area contributed by atoms with E-state index in [4.69, 9.17) is 4.74 Å². The third-order valence-corrected chi connectivity index (χ3v) is 5.92. The molecule has 2 aromatic carbocycles. The fourth-order valence-corrected chi connectivity index (χ4v) is 4.33. The molecule has 0 bridgehead atoms. The van der Waals surface area contributed by atoms with E-state index in [0.717, 1.165) is 16.0 Å². The molecule has 0 aliphatic carbocycles. The number of aryl methyl sites for hydroxylation is 1. The molecule has 1 unspecified atom stereocenters. The Morgan fingerprint density at radius 1 is 1.26 bits per heavy atom. The number of hydrogen-bond donors (Lipinski definition) is 1. The number of halogens is 1. The monoisotopic (exact) mass is 386 g/mol. The number of fused-ring (bicyclic) bond motifs is 1. The molecular formula is C21H23FN2O2S. The lowest BCUT2D eigenvalue weighted by Crippen LogP contribution is -2.34. The van der Waals surface area contributed by atoms with Gasteiger partial charge >= 0.3 is 0 Å². The molecular weight excluding hydrogens is 363 g/mol. The number of carbonyl (C=O) groups excluding carboxylic acids is 1. The predicted octanol–water partition coefficient (Wildman–Crippen LogP) is 4.39. The molecule has 6 heteroatoms. The van der Waals surface area contributed by atoms with E-state index in [9.17, 15) is 9.18 Å². The quantitative estimate of drug-likeness (QED) is 0.683. The molecule has 1 atom stereocenters. The van der Waals surface area contributed by atoms with Crippen LogP contribution in [0.2, 0.25) is 0 Å². The van der Waals surface area contributed by atoms with Crippen molar-refractivity contribution in [3.63, 3.8) is 0 Å². The van der Waals surface area contributed by atoms with E-state index in [0.29, 0.717) is 22.4 Å². The molecule has 0 saturated heterocycles. The summed E-state index contributed by atoms with van der Waals surface area (Å²) in [5.74, 6) is 0.312. The summed E-state index contributed by atoms with van der Waals surface area (Å²) in [6.07, 6.45) is 0. The van der Waals surface area contributed by atoms with Gasteiger partial charge in [-0.15, -0.1) is 11.3 Å². The lowest BCUT2D eigenvalue weighted by atomic mass is 10.1. The van der Waals surface area contributed by atoms with Crippen LogP contribution in [0, 0.1) is 12.7 Å². The minimum absolute atomic E-state index is 0.00419. The van der Waals surface area contributed by atoms with Crippen molar-refractivity contribution in [2.45, 2.75) is 13.0 Å². The molecule has 0 spiro atoms. The molecule has 3 aromatic rings. The summed E-state index contributed by atoms with van der Waals surface area (Å²) >= 11 is 1.32. The van der Waals surface area contributed by atoms with Crippen molar-refractivity contribution < 1.29 is 13.9 Å². The summed E-state index contributed by atoms with van der Waals surface area (Å²) in [6.45, 7) is 2.23. The topological polar surface area (TPSA) is 41.6 Å². The molecule has 1 N–H and O–H groups in total. The van der Waals surface area contributed by atoms with Crippen molar-refractivity contribution in [1.82, 2.24) is 10.2 Å². The van der Waals surface area contributed by atoms with Gasteiger partial charge in [0.25, 0.3) is 5.91 Å². The molecule has 0 aliphatic heterocycles. The highest BCUT2D eigenvalue weighted by Gasteiger charge is 2.20. The zero-order valence-corrected chi connectivity index (χ0v) is 16.7. The highest BCUT2D eigenvalue weighted by molar-refractivity contribution is 7.21. The van der Waals surface area contributed by atoms with Crippen molar-refractivity contribution in [2.24, 2.45) is 0 Å². The van der Waals surface area contributed by atoms with Gasteiger partial charge in [0.15, 0.2) is 0 Å². The highest BCUT2D eigenvalue weighted by Crippen LogP contribution is 2.32. The van der Waals surface area contributed by atoms with Crippen LogP contribution in [0.3, 0.4) is 0 Å². The second-order valence-corrected chi connectivity index (χ2v) is 7.69. The van der Waals surface area contributed by atoms with Crippen molar-refractivity contribution in [1.29, 1.82) is 0 Å². The molecule has 27 heavy (non-hydrogen) atoms. The molecule has 1 heterocycles. The van der Waals surface area contributed by atoms with E-state index in [1.807, 2.05) is 49.3 Å². The Labute approximate surface area is 162 Å². The van der Waals surface area contributed by atoms with Crippen LogP contribution in [-0.2, 0) is 0 Å². The number of carbonyl (C=O) groups is 1. The minimum Gasteiger partial charge on any atom is -0.497 e. The Kier molecular flexibility index (Phi) is 5.77. The van der Waals surface area contributed by atoms with E-state index >= 15 is 0 Å². The number of rotatable bonds is 6. The van der Waals surface area contributed by atoms with Crippen LogP contribution in [0.15, 0.2) is 42.5 Å². The van der Waals surface area contributed by atoms with E-state index < -0.39 is 0 Å². The lowest BCUT2D eigenvalue weighted by Gasteiger charge is -2.25. The number of thiophene rings is 1. The Bertz CT molecular complexity index is 968. The number of ether oxygens (including phenoxy) is 1. The average Bonchev–Trinajstić information content (AvgIpc) is 2.99. The molecule has 0 saturated carbocycles. The Morgan fingerprint density at radius 3 is 2.67 bits per heavy atom.